The van der Waals surface area contributed by atoms with Gasteiger partial charge in [0.05, 0.1) is 11.0 Å². The summed E-state index contributed by atoms with van der Waals surface area (Å²) in [5.41, 5.74) is 4.62. The fourth-order valence-electron chi connectivity index (χ4n) is 1.44. The van der Waals surface area contributed by atoms with Crippen LogP contribution in [0.2, 0.25) is 0 Å². The van der Waals surface area contributed by atoms with E-state index in [0.29, 0.717) is 0 Å². The number of nitrogens with zero attached hydrogens (tertiary/aromatic N) is 1. The maximum atomic E-state index is 4.31. The lowest BCUT2D eigenvalue weighted by molar-refractivity contribution is 1.26. The van der Waals surface area contributed by atoms with Gasteiger partial charge >= 0.3 is 0 Å². The zero-order valence-electron chi connectivity index (χ0n) is 6.98. The van der Waals surface area contributed by atoms with E-state index in [1.165, 1.54) is 11.1 Å². The molecule has 2 aromatic rings. The van der Waals surface area contributed by atoms with E-state index in [0.717, 1.165) is 15.8 Å². The van der Waals surface area contributed by atoms with E-state index in [2.05, 4.69) is 51.9 Å². The molecule has 1 aromatic carbocycles. The van der Waals surface area contributed by atoms with Crippen molar-refractivity contribution in [1.29, 1.82) is 0 Å². The fourth-order valence-corrected chi connectivity index (χ4v) is 1.83. The number of nitrogens with one attached hydrogen (secondary N) is 1. The molecule has 12 heavy (non-hydrogen) atoms. The van der Waals surface area contributed by atoms with Gasteiger partial charge in [0.25, 0.3) is 0 Å². The molecule has 2 nitrogen and oxygen atoms in total. The Morgan fingerprint density at radius 2 is 2.08 bits per heavy atom. The summed E-state index contributed by atoms with van der Waals surface area (Å²) in [5.74, 6) is 0. The number of aryl methyl sites for hydroxylation is 2. The molecule has 0 atom stereocenters. The van der Waals surface area contributed by atoms with E-state index in [-0.39, 0.29) is 0 Å². The van der Waals surface area contributed by atoms with Crippen molar-refractivity contribution in [3.05, 3.63) is 28.0 Å². The Hall–Kier alpha value is -0.830. The van der Waals surface area contributed by atoms with Crippen molar-refractivity contribution in [1.82, 2.24) is 9.97 Å². The van der Waals surface area contributed by atoms with Gasteiger partial charge in [0.15, 0.2) is 4.73 Å². The lowest BCUT2D eigenvalue weighted by Gasteiger charge is -1.95. The monoisotopic (exact) mass is 224 g/mol. The molecule has 0 saturated carbocycles. The first kappa shape index (κ1) is 7.80. The Kier molecular flexibility index (Phi) is 1.68. The highest BCUT2D eigenvalue weighted by Gasteiger charge is 2.02. The molecule has 0 aliphatic heterocycles. The molecule has 2 rings (SSSR count). The molecule has 0 radical (unpaired) electrons. The maximum Gasteiger partial charge on any atom is 0.175 e. The third kappa shape index (κ3) is 1.14. The zero-order chi connectivity index (χ0) is 8.72. The van der Waals surface area contributed by atoms with Crippen LogP contribution in [0.15, 0.2) is 16.9 Å². The van der Waals surface area contributed by atoms with E-state index < -0.39 is 0 Å². The molecule has 0 aliphatic carbocycles. The summed E-state index contributed by atoms with van der Waals surface area (Å²) in [5, 5.41) is 0. The van der Waals surface area contributed by atoms with Crippen molar-refractivity contribution in [2.75, 3.05) is 0 Å². The molecule has 62 valence electrons. The van der Waals surface area contributed by atoms with Crippen LogP contribution in [0.5, 0.6) is 0 Å². The van der Waals surface area contributed by atoms with Gasteiger partial charge in [-0.2, -0.15) is 0 Å². The Bertz CT molecular complexity index is 431. The highest BCUT2D eigenvalue weighted by molar-refractivity contribution is 9.10. The molecule has 0 unspecified atom stereocenters. The van der Waals surface area contributed by atoms with Gasteiger partial charge in [-0.25, -0.2) is 4.98 Å². The molecule has 1 aromatic heterocycles. The number of fused-ring (bicyclic) bond motifs is 1. The van der Waals surface area contributed by atoms with Crippen LogP contribution in [-0.2, 0) is 0 Å². The summed E-state index contributed by atoms with van der Waals surface area (Å²) < 4.78 is 0.797. The third-order valence-corrected chi connectivity index (χ3v) is 2.27. The molecule has 0 saturated heterocycles. The highest BCUT2D eigenvalue weighted by Crippen LogP contribution is 2.19. The van der Waals surface area contributed by atoms with Crippen LogP contribution in [0.3, 0.4) is 0 Å². The summed E-state index contributed by atoms with van der Waals surface area (Å²) in [6.45, 7) is 4.16. The molecule has 0 spiro atoms. The summed E-state index contributed by atoms with van der Waals surface area (Å²) in [4.78, 5) is 7.46. The molecular weight excluding hydrogens is 216 g/mol. The van der Waals surface area contributed by atoms with Crippen LogP contribution in [-0.4, -0.2) is 9.97 Å². The van der Waals surface area contributed by atoms with Crippen LogP contribution in [0.25, 0.3) is 11.0 Å². The van der Waals surface area contributed by atoms with E-state index in [9.17, 15) is 0 Å². The standard InChI is InChI=1S/C9H9BrN2/c1-5-3-6(2)8-7(4-5)11-9(10)12-8/h3-4H,1-2H3,(H,11,12). The normalized spacial score (nSPS) is 10.9. The number of hydrogen-bond donors (Lipinski definition) is 1. The van der Waals surface area contributed by atoms with Gasteiger partial charge in [-0.05, 0) is 47.0 Å². The number of hydrogen-bond acceptors (Lipinski definition) is 1. The van der Waals surface area contributed by atoms with Crippen molar-refractivity contribution in [2.45, 2.75) is 13.8 Å². The number of halogens is 1. The van der Waals surface area contributed by atoms with Gasteiger partial charge < -0.3 is 4.98 Å². The van der Waals surface area contributed by atoms with E-state index in [1.807, 2.05) is 0 Å². The topological polar surface area (TPSA) is 28.7 Å². The second-order valence-electron chi connectivity index (χ2n) is 3.01. The SMILES string of the molecule is Cc1cc(C)c2nc(Br)[nH]c2c1. The molecule has 0 fully saturated rings. The van der Waals surface area contributed by atoms with Crippen molar-refractivity contribution >= 4 is 27.0 Å². The van der Waals surface area contributed by atoms with Gasteiger partial charge in [-0.1, -0.05) is 6.07 Å². The number of aromatic nitrogens is 2. The summed E-state index contributed by atoms with van der Waals surface area (Å²) in [7, 11) is 0. The smallest absolute Gasteiger partial charge is 0.175 e. The van der Waals surface area contributed by atoms with Gasteiger partial charge in [-0.15, -0.1) is 0 Å². The van der Waals surface area contributed by atoms with Crippen LogP contribution < -0.4 is 0 Å². The predicted molar refractivity (Wildman–Crippen MR) is 53.3 cm³/mol. The molecule has 0 amide bonds. The Labute approximate surface area is 79.1 Å². The first-order valence-corrected chi connectivity index (χ1v) is 4.58. The number of imidazole rings is 1. The molecular formula is C9H9BrN2. The Morgan fingerprint density at radius 3 is 2.83 bits per heavy atom. The summed E-state index contributed by atoms with van der Waals surface area (Å²) in [6.07, 6.45) is 0. The summed E-state index contributed by atoms with van der Waals surface area (Å²) in [6, 6.07) is 4.23. The predicted octanol–water partition coefficient (Wildman–Crippen LogP) is 2.94. The lowest BCUT2D eigenvalue weighted by atomic mass is 10.1. The first-order chi connectivity index (χ1) is 5.66. The zero-order valence-corrected chi connectivity index (χ0v) is 8.57. The van der Waals surface area contributed by atoms with Crippen LogP contribution in [0.4, 0.5) is 0 Å². The molecule has 0 bridgehead atoms. The van der Waals surface area contributed by atoms with E-state index in [1.54, 1.807) is 0 Å². The maximum absolute atomic E-state index is 4.31. The Balaban J connectivity index is 2.88. The van der Waals surface area contributed by atoms with Gasteiger partial charge in [0.2, 0.25) is 0 Å². The third-order valence-electron chi connectivity index (χ3n) is 1.89. The van der Waals surface area contributed by atoms with Gasteiger partial charge in [-0.3, -0.25) is 0 Å². The van der Waals surface area contributed by atoms with Crippen LogP contribution >= 0.6 is 15.9 Å². The van der Waals surface area contributed by atoms with Crippen molar-refractivity contribution in [3.8, 4) is 0 Å². The quantitative estimate of drug-likeness (QED) is 0.733. The minimum Gasteiger partial charge on any atom is -0.332 e. The summed E-state index contributed by atoms with van der Waals surface area (Å²) >= 11 is 3.32. The van der Waals surface area contributed by atoms with Crippen molar-refractivity contribution in [2.24, 2.45) is 0 Å². The van der Waals surface area contributed by atoms with Crippen molar-refractivity contribution < 1.29 is 0 Å². The fraction of sp³-hybridized carbons (Fsp3) is 0.222. The van der Waals surface area contributed by atoms with Crippen LogP contribution in [0, 0.1) is 13.8 Å². The number of rotatable bonds is 0. The second kappa shape index (κ2) is 2.59. The van der Waals surface area contributed by atoms with E-state index in [4.69, 9.17) is 0 Å². The number of aromatic amines is 1. The highest BCUT2D eigenvalue weighted by atomic mass is 79.9. The largest absolute Gasteiger partial charge is 0.332 e. The minimum atomic E-state index is 0.797. The number of H-pyrrole nitrogens is 1. The second-order valence-corrected chi connectivity index (χ2v) is 3.76. The molecule has 0 aliphatic rings. The van der Waals surface area contributed by atoms with Crippen LogP contribution in [0.1, 0.15) is 11.1 Å². The first-order valence-electron chi connectivity index (χ1n) is 3.79. The van der Waals surface area contributed by atoms with Crippen molar-refractivity contribution in [3.63, 3.8) is 0 Å². The Morgan fingerprint density at radius 1 is 1.33 bits per heavy atom. The average Bonchev–Trinajstić information content (AvgIpc) is 2.29. The average molecular weight is 225 g/mol. The molecule has 3 heteroatoms. The van der Waals surface area contributed by atoms with Gasteiger partial charge in [0.1, 0.15) is 0 Å². The van der Waals surface area contributed by atoms with E-state index >= 15 is 0 Å². The van der Waals surface area contributed by atoms with Gasteiger partial charge in [0, 0.05) is 0 Å². The lowest BCUT2D eigenvalue weighted by Crippen LogP contribution is -1.79. The molecule has 1 heterocycles. The minimum absolute atomic E-state index is 0.797. The molecule has 1 N–H and O–H groups in total. The number of benzene rings is 1.